The molecule has 0 aromatic carbocycles. The number of nitrogens with one attached hydrogen (secondary N) is 2. The van der Waals surface area contributed by atoms with E-state index in [-0.39, 0.29) is 6.04 Å². The highest BCUT2D eigenvalue weighted by Crippen LogP contribution is 2.16. The second kappa shape index (κ2) is 50.9. The van der Waals surface area contributed by atoms with Crippen molar-refractivity contribution in [3.63, 3.8) is 0 Å². The van der Waals surface area contributed by atoms with E-state index in [0.717, 1.165) is 96.7 Å². The fraction of sp³-hybridized carbons (Fsp3) is 0.962. The third kappa shape index (κ3) is 43.9. The highest BCUT2D eigenvalue weighted by atomic mass is 15.1. The van der Waals surface area contributed by atoms with Gasteiger partial charge in [-0.1, -0.05) is 213 Å². The van der Waals surface area contributed by atoms with Crippen molar-refractivity contribution < 1.29 is 0 Å². The van der Waals surface area contributed by atoms with Crippen LogP contribution in [0.4, 0.5) is 0 Å². The van der Waals surface area contributed by atoms with E-state index in [1.54, 1.807) is 0 Å². The van der Waals surface area contributed by atoms with Gasteiger partial charge in [-0.15, -0.1) is 0 Å². The minimum Gasteiger partial charge on any atom is -0.386 e. The Balaban J connectivity index is 4.61. The Morgan fingerprint density at radius 1 is 0.367 bits per heavy atom. The van der Waals surface area contributed by atoms with Crippen LogP contribution in [0.15, 0.2) is 12.3 Å². The molecule has 60 heavy (non-hydrogen) atoms. The normalized spacial score (nSPS) is 12.3. The maximum atomic E-state index is 5.86. The van der Waals surface area contributed by atoms with E-state index in [1.807, 2.05) is 0 Å². The molecule has 0 aromatic heterocycles. The minimum absolute atomic E-state index is 0.275. The average Bonchev–Trinajstić information content (AvgIpc) is 3.25. The third-order valence-corrected chi connectivity index (χ3v) is 13.0. The highest BCUT2D eigenvalue weighted by Gasteiger charge is 2.14. The molecule has 0 fully saturated rings. The van der Waals surface area contributed by atoms with Crippen molar-refractivity contribution in [3.05, 3.63) is 12.3 Å². The van der Waals surface area contributed by atoms with Gasteiger partial charge in [0, 0.05) is 24.8 Å². The Morgan fingerprint density at radius 3 is 1.02 bits per heavy atom. The van der Waals surface area contributed by atoms with Gasteiger partial charge in [0.1, 0.15) is 0 Å². The smallest absolute Gasteiger partial charge is 0.0463 e. The largest absolute Gasteiger partial charge is 0.386 e. The van der Waals surface area contributed by atoms with Crippen LogP contribution in [-0.2, 0) is 0 Å². The van der Waals surface area contributed by atoms with Crippen LogP contribution in [-0.4, -0.2) is 87.8 Å². The van der Waals surface area contributed by atoms with Gasteiger partial charge < -0.3 is 37.6 Å². The van der Waals surface area contributed by atoms with Gasteiger partial charge in [0.2, 0.25) is 0 Å². The second-order valence-corrected chi connectivity index (χ2v) is 18.8. The summed E-state index contributed by atoms with van der Waals surface area (Å²) in [7, 11) is 0. The molecular formula is C53H113N7. The maximum Gasteiger partial charge on any atom is 0.0463 e. The summed E-state index contributed by atoms with van der Waals surface area (Å²) in [4.78, 5) is 5.31. The molecule has 0 spiro atoms. The zero-order valence-electron chi connectivity index (χ0n) is 41.4. The van der Waals surface area contributed by atoms with Gasteiger partial charge in [-0.05, 0) is 104 Å². The van der Waals surface area contributed by atoms with E-state index in [9.17, 15) is 0 Å². The molecule has 0 amide bonds. The molecule has 0 saturated heterocycles. The maximum absolute atomic E-state index is 5.86. The number of rotatable bonds is 53. The van der Waals surface area contributed by atoms with Gasteiger partial charge in [-0.25, -0.2) is 0 Å². The molecule has 0 aliphatic carbocycles. The first-order valence-corrected chi connectivity index (χ1v) is 27.3. The SMILES string of the molecule is C=C(NCCN(CCCCCCCCCCCCCCCCCC)CCCCCCCCCCCCCCCCCC)C(CCCN(CCCN)CCCN)NCCCN. The quantitative estimate of drug-likeness (QED) is 0.0388. The summed E-state index contributed by atoms with van der Waals surface area (Å²) in [6.45, 7) is 20.1. The number of hydrogen-bond donors (Lipinski definition) is 5. The summed E-state index contributed by atoms with van der Waals surface area (Å²) < 4.78 is 0. The van der Waals surface area contributed by atoms with Crippen molar-refractivity contribution in [1.29, 1.82) is 0 Å². The Hall–Kier alpha value is -0.700. The number of nitrogens with two attached hydrogens (primary N) is 3. The van der Waals surface area contributed by atoms with E-state index < -0.39 is 0 Å². The zero-order valence-corrected chi connectivity index (χ0v) is 41.4. The Labute approximate surface area is 378 Å². The summed E-state index contributed by atoms with van der Waals surface area (Å²) in [6.07, 6.45) is 51.1. The van der Waals surface area contributed by atoms with E-state index in [1.165, 1.54) is 219 Å². The fourth-order valence-corrected chi connectivity index (χ4v) is 8.86. The molecular weight excluding hydrogens is 735 g/mol. The van der Waals surface area contributed by atoms with Crippen LogP contribution in [0.1, 0.15) is 251 Å². The Kier molecular flexibility index (Phi) is 50.3. The minimum atomic E-state index is 0.275. The molecule has 1 unspecified atom stereocenters. The first-order valence-electron chi connectivity index (χ1n) is 27.3. The van der Waals surface area contributed by atoms with E-state index >= 15 is 0 Å². The summed E-state index contributed by atoms with van der Waals surface area (Å²) in [5, 5.41) is 7.56. The summed E-state index contributed by atoms with van der Waals surface area (Å²) in [5.74, 6) is 0. The van der Waals surface area contributed by atoms with Gasteiger partial charge in [-0.2, -0.15) is 0 Å². The van der Waals surface area contributed by atoms with Crippen LogP contribution in [0, 0.1) is 0 Å². The number of nitrogens with zero attached hydrogens (tertiary/aromatic N) is 2. The lowest BCUT2D eigenvalue weighted by molar-refractivity contribution is 0.257. The molecule has 0 aliphatic rings. The summed E-state index contributed by atoms with van der Waals surface area (Å²) >= 11 is 0. The van der Waals surface area contributed by atoms with Crippen LogP contribution in [0.2, 0.25) is 0 Å². The second-order valence-electron chi connectivity index (χ2n) is 18.8. The predicted molar refractivity (Wildman–Crippen MR) is 271 cm³/mol. The van der Waals surface area contributed by atoms with Crippen molar-refractivity contribution in [1.82, 2.24) is 20.4 Å². The van der Waals surface area contributed by atoms with Crippen LogP contribution in [0.5, 0.6) is 0 Å². The molecule has 0 bridgehead atoms. The van der Waals surface area contributed by atoms with Crippen molar-refractivity contribution in [3.8, 4) is 0 Å². The lowest BCUT2D eigenvalue weighted by atomic mass is 10.0. The van der Waals surface area contributed by atoms with E-state index in [0.29, 0.717) is 0 Å². The van der Waals surface area contributed by atoms with Gasteiger partial charge >= 0.3 is 0 Å². The van der Waals surface area contributed by atoms with Crippen molar-refractivity contribution >= 4 is 0 Å². The fourth-order valence-electron chi connectivity index (χ4n) is 8.86. The Bertz CT molecular complexity index is 766. The first-order chi connectivity index (χ1) is 29.6. The van der Waals surface area contributed by atoms with Gasteiger partial charge in [-0.3, -0.25) is 0 Å². The lowest BCUT2D eigenvalue weighted by Gasteiger charge is -2.27. The number of hydrogen-bond acceptors (Lipinski definition) is 7. The summed E-state index contributed by atoms with van der Waals surface area (Å²) in [6, 6.07) is 0.275. The lowest BCUT2D eigenvalue weighted by Crippen LogP contribution is -2.40. The van der Waals surface area contributed by atoms with Crippen LogP contribution < -0.4 is 27.8 Å². The van der Waals surface area contributed by atoms with E-state index in [2.05, 4.69) is 40.9 Å². The molecule has 1 atom stereocenters. The molecule has 7 nitrogen and oxygen atoms in total. The molecule has 0 saturated carbocycles. The van der Waals surface area contributed by atoms with Crippen LogP contribution in [0.25, 0.3) is 0 Å². The van der Waals surface area contributed by atoms with Crippen molar-refractivity contribution in [2.75, 3.05) is 72.0 Å². The van der Waals surface area contributed by atoms with Crippen LogP contribution >= 0.6 is 0 Å². The molecule has 0 aromatic rings. The average molecular weight is 849 g/mol. The third-order valence-electron chi connectivity index (χ3n) is 13.0. The van der Waals surface area contributed by atoms with Crippen molar-refractivity contribution in [2.24, 2.45) is 17.2 Å². The topological polar surface area (TPSA) is 109 Å². The Morgan fingerprint density at radius 2 is 0.667 bits per heavy atom. The monoisotopic (exact) mass is 848 g/mol. The molecule has 7 heteroatoms. The summed E-state index contributed by atoms with van der Waals surface area (Å²) in [5.41, 5.74) is 18.7. The molecule has 8 N–H and O–H groups in total. The molecule has 0 radical (unpaired) electrons. The van der Waals surface area contributed by atoms with Gasteiger partial charge in [0.05, 0.1) is 0 Å². The molecule has 0 heterocycles. The van der Waals surface area contributed by atoms with E-state index in [4.69, 9.17) is 17.2 Å². The molecule has 360 valence electrons. The van der Waals surface area contributed by atoms with Gasteiger partial charge in [0.25, 0.3) is 0 Å². The van der Waals surface area contributed by atoms with Crippen molar-refractivity contribution in [2.45, 2.75) is 257 Å². The highest BCUT2D eigenvalue weighted by molar-refractivity contribution is 5.03. The zero-order chi connectivity index (χ0) is 43.7. The molecule has 0 aliphatic heterocycles. The first kappa shape index (κ1) is 59.3. The molecule has 0 rings (SSSR count). The number of unbranched alkanes of at least 4 members (excludes halogenated alkanes) is 30. The predicted octanol–water partition coefficient (Wildman–Crippen LogP) is 13.0. The van der Waals surface area contributed by atoms with Crippen LogP contribution in [0.3, 0.4) is 0 Å². The standard InChI is InChI=1S/C53H113N7/c1-4-6-8-10-12-14-16-18-20-22-24-26-28-30-32-34-46-60(47-35-33-31-29-27-25-23-21-19-17-15-13-11-9-7-5-2)51-45-57-52(3)53(58-44-37-41-54)40-36-48-59(49-38-42-55)50-39-43-56/h53,57-58H,3-51,54-56H2,1-2H3. The van der Waals surface area contributed by atoms with Gasteiger partial charge in [0.15, 0.2) is 0 Å².